The van der Waals surface area contributed by atoms with Crippen molar-refractivity contribution in [2.75, 3.05) is 24.7 Å². The number of carbonyl (C=O) groups is 2. The lowest BCUT2D eigenvalue weighted by Crippen LogP contribution is -2.32. The van der Waals surface area contributed by atoms with Crippen molar-refractivity contribution in [3.8, 4) is 5.75 Å². The number of aromatic nitrogens is 3. The molecule has 1 aliphatic rings. The molecule has 1 saturated heterocycles. The third-order valence-electron chi connectivity index (χ3n) is 6.10. The molecule has 0 radical (unpaired) electrons. The standard InChI is InChI=1S/C26H31N5O3S/c1-5-30-24(21-10-7-13-31(21)25(33)19-9-6-8-17(2)14-19)28-29-26(30)35-16-23(32)27-20-15-18(3)11-12-22(20)34-4/h6,8-9,11-12,14-15,21H,5,7,10,13,16H2,1-4H3,(H,27,32). The Balaban J connectivity index is 1.46. The summed E-state index contributed by atoms with van der Waals surface area (Å²) in [7, 11) is 1.58. The van der Waals surface area contributed by atoms with Crippen LogP contribution in [-0.4, -0.2) is 50.9 Å². The van der Waals surface area contributed by atoms with E-state index in [0.29, 0.717) is 35.2 Å². The SMILES string of the molecule is CCn1c(SCC(=O)Nc2cc(C)ccc2OC)nnc1C1CCCN1C(=O)c1cccc(C)c1. The van der Waals surface area contributed by atoms with E-state index in [1.54, 1.807) is 7.11 Å². The maximum absolute atomic E-state index is 13.3. The number of benzene rings is 2. The summed E-state index contributed by atoms with van der Waals surface area (Å²) in [4.78, 5) is 27.8. The summed E-state index contributed by atoms with van der Waals surface area (Å²) in [6, 6.07) is 13.2. The molecule has 0 aliphatic carbocycles. The number of carbonyl (C=O) groups excluding carboxylic acids is 2. The second kappa shape index (κ2) is 10.9. The molecule has 1 unspecified atom stereocenters. The molecule has 9 heteroatoms. The molecule has 35 heavy (non-hydrogen) atoms. The molecular formula is C26H31N5O3S. The molecule has 0 saturated carbocycles. The van der Waals surface area contributed by atoms with Crippen LogP contribution in [-0.2, 0) is 11.3 Å². The number of methoxy groups -OCH3 is 1. The molecule has 184 valence electrons. The molecule has 1 aromatic heterocycles. The van der Waals surface area contributed by atoms with Crippen LogP contribution < -0.4 is 10.1 Å². The van der Waals surface area contributed by atoms with Gasteiger partial charge in [-0.1, -0.05) is 35.5 Å². The quantitative estimate of drug-likeness (QED) is 0.460. The average molecular weight is 494 g/mol. The number of thioether (sulfide) groups is 1. The summed E-state index contributed by atoms with van der Waals surface area (Å²) < 4.78 is 7.36. The Kier molecular flexibility index (Phi) is 7.75. The number of anilines is 1. The van der Waals surface area contributed by atoms with Crippen molar-refractivity contribution in [3.05, 3.63) is 65.0 Å². The first-order chi connectivity index (χ1) is 16.9. The zero-order chi connectivity index (χ0) is 24.9. The maximum atomic E-state index is 13.3. The van der Waals surface area contributed by atoms with Crippen LogP contribution >= 0.6 is 11.8 Å². The lowest BCUT2D eigenvalue weighted by atomic mass is 10.1. The van der Waals surface area contributed by atoms with Crippen LogP contribution in [0.4, 0.5) is 5.69 Å². The summed E-state index contributed by atoms with van der Waals surface area (Å²) in [6.45, 7) is 7.32. The molecule has 2 aromatic carbocycles. The largest absolute Gasteiger partial charge is 0.495 e. The van der Waals surface area contributed by atoms with E-state index in [-0.39, 0.29) is 23.6 Å². The Morgan fingerprint density at radius 3 is 2.69 bits per heavy atom. The lowest BCUT2D eigenvalue weighted by molar-refractivity contribution is -0.113. The van der Waals surface area contributed by atoms with Gasteiger partial charge in [-0.05, 0) is 63.4 Å². The van der Waals surface area contributed by atoms with Crippen molar-refractivity contribution in [1.29, 1.82) is 0 Å². The number of aryl methyl sites for hydroxylation is 2. The predicted molar refractivity (Wildman–Crippen MR) is 137 cm³/mol. The van der Waals surface area contributed by atoms with Gasteiger partial charge in [0.25, 0.3) is 5.91 Å². The summed E-state index contributed by atoms with van der Waals surface area (Å²) in [6.07, 6.45) is 1.76. The molecule has 1 N–H and O–H groups in total. The number of ether oxygens (including phenoxy) is 1. The van der Waals surface area contributed by atoms with Crippen molar-refractivity contribution in [2.45, 2.75) is 51.4 Å². The molecule has 2 amide bonds. The van der Waals surface area contributed by atoms with E-state index in [1.165, 1.54) is 11.8 Å². The van der Waals surface area contributed by atoms with Gasteiger partial charge in [-0.2, -0.15) is 0 Å². The molecule has 8 nitrogen and oxygen atoms in total. The Bertz CT molecular complexity index is 1230. The average Bonchev–Trinajstić information content (AvgIpc) is 3.49. The van der Waals surface area contributed by atoms with E-state index < -0.39 is 0 Å². The third kappa shape index (κ3) is 5.51. The maximum Gasteiger partial charge on any atom is 0.254 e. The van der Waals surface area contributed by atoms with Crippen molar-refractivity contribution in [2.24, 2.45) is 0 Å². The molecule has 3 aromatic rings. The van der Waals surface area contributed by atoms with Gasteiger partial charge in [0.2, 0.25) is 5.91 Å². The van der Waals surface area contributed by atoms with E-state index in [1.807, 2.05) is 72.7 Å². The lowest BCUT2D eigenvalue weighted by Gasteiger charge is -2.24. The number of hydrogen-bond donors (Lipinski definition) is 1. The van der Waals surface area contributed by atoms with Gasteiger partial charge < -0.3 is 19.5 Å². The van der Waals surface area contributed by atoms with Crippen LogP contribution in [0.2, 0.25) is 0 Å². The van der Waals surface area contributed by atoms with Crippen LogP contribution in [0, 0.1) is 13.8 Å². The minimum atomic E-state index is -0.150. The van der Waals surface area contributed by atoms with Crippen LogP contribution in [0.15, 0.2) is 47.6 Å². The molecule has 2 heterocycles. The smallest absolute Gasteiger partial charge is 0.254 e. The number of rotatable bonds is 8. The van der Waals surface area contributed by atoms with Gasteiger partial charge in [0.05, 0.1) is 24.6 Å². The monoisotopic (exact) mass is 493 g/mol. The van der Waals surface area contributed by atoms with Gasteiger partial charge >= 0.3 is 0 Å². The second-order valence-electron chi connectivity index (χ2n) is 8.65. The minimum absolute atomic E-state index is 0.0162. The van der Waals surface area contributed by atoms with Crippen molar-refractivity contribution in [1.82, 2.24) is 19.7 Å². The van der Waals surface area contributed by atoms with Gasteiger partial charge in [-0.25, -0.2) is 0 Å². The molecule has 1 fully saturated rings. The van der Waals surface area contributed by atoms with Crippen LogP contribution in [0.5, 0.6) is 5.75 Å². The van der Waals surface area contributed by atoms with Gasteiger partial charge in [0.15, 0.2) is 11.0 Å². The molecule has 0 bridgehead atoms. The highest BCUT2D eigenvalue weighted by Gasteiger charge is 2.34. The van der Waals surface area contributed by atoms with Crippen molar-refractivity contribution >= 4 is 29.3 Å². The molecular weight excluding hydrogens is 462 g/mol. The third-order valence-corrected chi connectivity index (χ3v) is 7.07. The van der Waals surface area contributed by atoms with Crippen molar-refractivity contribution in [3.63, 3.8) is 0 Å². The minimum Gasteiger partial charge on any atom is -0.495 e. The van der Waals surface area contributed by atoms with Gasteiger partial charge in [-0.15, -0.1) is 10.2 Å². The summed E-state index contributed by atoms with van der Waals surface area (Å²) in [5.41, 5.74) is 3.43. The number of nitrogens with one attached hydrogen (secondary N) is 1. The van der Waals surface area contributed by atoms with E-state index in [2.05, 4.69) is 15.5 Å². The van der Waals surface area contributed by atoms with Gasteiger partial charge in [-0.3, -0.25) is 9.59 Å². The second-order valence-corrected chi connectivity index (χ2v) is 9.59. The first kappa shape index (κ1) is 24.8. The van der Waals surface area contributed by atoms with Crippen molar-refractivity contribution < 1.29 is 14.3 Å². The highest BCUT2D eigenvalue weighted by atomic mass is 32.2. The zero-order valence-corrected chi connectivity index (χ0v) is 21.4. The van der Waals surface area contributed by atoms with E-state index in [0.717, 1.165) is 29.8 Å². The number of nitrogens with zero attached hydrogens (tertiary/aromatic N) is 4. The Morgan fingerprint density at radius 2 is 1.94 bits per heavy atom. The highest BCUT2D eigenvalue weighted by Crippen LogP contribution is 2.34. The fourth-order valence-corrected chi connectivity index (χ4v) is 5.22. The van der Waals surface area contributed by atoms with Crippen LogP contribution in [0.3, 0.4) is 0 Å². The fraction of sp³-hybridized carbons (Fsp3) is 0.385. The summed E-state index contributed by atoms with van der Waals surface area (Å²) in [5.74, 6) is 1.44. The first-order valence-electron chi connectivity index (χ1n) is 11.8. The molecule has 0 spiro atoms. The number of likely N-dealkylation sites (tertiary alicyclic amines) is 1. The highest BCUT2D eigenvalue weighted by molar-refractivity contribution is 7.99. The van der Waals surface area contributed by atoms with E-state index in [4.69, 9.17) is 4.74 Å². The zero-order valence-electron chi connectivity index (χ0n) is 20.6. The van der Waals surface area contributed by atoms with Crippen LogP contribution in [0.1, 0.15) is 53.1 Å². The fourth-order valence-electron chi connectivity index (χ4n) is 4.41. The predicted octanol–water partition coefficient (Wildman–Crippen LogP) is 4.63. The van der Waals surface area contributed by atoms with Crippen LogP contribution in [0.25, 0.3) is 0 Å². The van der Waals surface area contributed by atoms with E-state index >= 15 is 0 Å². The summed E-state index contributed by atoms with van der Waals surface area (Å²) >= 11 is 1.34. The topological polar surface area (TPSA) is 89.3 Å². The van der Waals surface area contributed by atoms with E-state index in [9.17, 15) is 9.59 Å². The van der Waals surface area contributed by atoms with Gasteiger partial charge in [0.1, 0.15) is 5.75 Å². The number of hydrogen-bond acceptors (Lipinski definition) is 6. The molecule has 1 atom stereocenters. The Labute approximate surface area is 210 Å². The summed E-state index contributed by atoms with van der Waals surface area (Å²) in [5, 5.41) is 12.4. The van der Waals surface area contributed by atoms with Gasteiger partial charge in [0, 0.05) is 18.7 Å². The Morgan fingerprint density at radius 1 is 1.14 bits per heavy atom. The number of amides is 2. The molecule has 1 aliphatic heterocycles. The molecule has 4 rings (SSSR count). The first-order valence-corrected chi connectivity index (χ1v) is 12.8. The Hall–Kier alpha value is -3.33. The normalized spacial score (nSPS) is 15.3.